The van der Waals surface area contributed by atoms with Crippen LogP contribution in [-0.2, 0) is 17.6 Å². The van der Waals surface area contributed by atoms with E-state index in [2.05, 4.69) is 44.3 Å². The van der Waals surface area contributed by atoms with Gasteiger partial charge in [0.25, 0.3) is 0 Å². The quantitative estimate of drug-likeness (QED) is 0.707. The van der Waals surface area contributed by atoms with Crippen molar-refractivity contribution in [3.05, 3.63) is 33.9 Å². The molecule has 2 aliphatic rings. The molecular formula is C22H28BrN3O2. The average Bonchev–Trinajstić information content (AvgIpc) is 3.05. The zero-order valence-corrected chi connectivity index (χ0v) is 18.4. The molecule has 1 aliphatic carbocycles. The van der Waals surface area contributed by atoms with Gasteiger partial charge >= 0.3 is 6.09 Å². The number of hydrogen-bond acceptors (Lipinski definition) is 4. The number of amides is 1. The molecule has 1 atom stereocenters. The van der Waals surface area contributed by atoms with Gasteiger partial charge in [-0.3, -0.25) is 4.98 Å². The smallest absolute Gasteiger partial charge is 0.407 e. The molecule has 0 radical (unpaired) electrons. The number of nitrogens with one attached hydrogen (secondary N) is 1. The number of hydrogen-bond donors (Lipinski definition) is 1. The molecule has 4 rings (SSSR count). The lowest BCUT2D eigenvalue weighted by molar-refractivity contribution is 0.0509. The van der Waals surface area contributed by atoms with Crippen LogP contribution in [0.5, 0.6) is 0 Å². The van der Waals surface area contributed by atoms with Gasteiger partial charge in [-0.15, -0.1) is 0 Å². The Balaban J connectivity index is 1.62. The second-order valence-corrected chi connectivity index (χ2v) is 9.75. The van der Waals surface area contributed by atoms with Crippen LogP contribution in [-0.4, -0.2) is 35.8 Å². The Morgan fingerprint density at radius 2 is 2.07 bits per heavy atom. The molecule has 0 spiro atoms. The maximum Gasteiger partial charge on any atom is 0.407 e. The molecule has 1 amide bonds. The van der Waals surface area contributed by atoms with Gasteiger partial charge in [-0.2, -0.15) is 0 Å². The second-order valence-electron chi connectivity index (χ2n) is 8.83. The minimum atomic E-state index is -0.477. The number of rotatable bonds is 2. The van der Waals surface area contributed by atoms with Crippen LogP contribution in [0.1, 0.15) is 51.3 Å². The van der Waals surface area contributed by atoms with E-state index in [0.29, 0.717) is 0 Å². The van der Waals surface area contributed by atoms with E-state index >= 15 is 0 Å². The molecule has 0 bridgehead atoms. The third-order valence-corrected chi connectivity index (χ3v) is 5.91. The summed E-state index contributed by atoms with van der Waals surface area (Å²) in [5.41, 5.74) is 4.54. The highest BCUT2D eigenvalue weighted by molar-refractivity contribution is 9.10. The number of anilines is 1. The number of nitrogens with zero attached hydrogens (tertiary/aromatic N) is 2. The third-order valence-electron chi connectivity index (χ3n) is 5.42. The monoisotopic (exact) mass is 445 g/mol. The van der Waals surface area contributed by atoms with Crippen LogP contribution in [0.4, 0.5) is 10.5 Å². The Bertz CT molecular complexity index is 907. The summed E-state index contributed by atoms with van der Waals surface area (Å²) >= 11 is 3.62. The zero-order chi connectivity index (χ0) is 19.9. The van der Waals surface area contributed by atoms with Crippen LogP contribution in [0.2, 0.25) is 0 Å². The third kappa shape index (κ3) is 4.12. The second kappa shape index (κ2) is 7.54. The first-order valence-electron chi connectivity index (χ1n) is 10.2. The predicted molar refractivity (Wildman–Crippen MR) is 116 cm³/mol. The van der Waals surface area contributed by atoms with Crippen LogP contribution < -0.4 is 10.2 Å². The van der Waals surface area contributed by atoms with Crippen molar-refractivity contribution in [1.29, 1.82) is 0 Å². The molecule has 28 heavy (non-hydrogen) atoms. The number of halogens is 1. The molecule has 1 aromatic carbocycles. The van der Waals surface area contributed by atoms with Crippen molar-refractivity contribution in [3.8, 4) is 0 Å². The molecule has 6 heteroatoms. The maximum absolute atomic E-state index is 12.2. The lowest BCUT2D eigenvalue weighted by Crippen LogP contribution is -2.40. The van der Waals surface area contributed by atoms with Gasteiger partial charge in [0, 0.05) is 28.6 Å². The van der Waals surface area contributed by atoms with Crippen molar-refractivity contribution in [2.75, 3.05) is 18.0 Å². The van der Waals surface area contributed by atoms with E-state index in [9.17, 15) is 4.79 Å². The van der Waals surface area contributed by atoms with Crippen molar-refractivity contribution in [2.45, 2.75) is 64.5 Å². The Morgan fingerprint density at radius 1 is 1.29 bits per heavy atom. The number of pyridine rings is 1. The standard InChI is InChI=1S/C22H28BrN3O2/c1-22(2,3)28-21(27)24-15-10-11-26(13-15)20-16-6-4-5-7-18(16)25-19-9-8-14(23)12-17(19)20/h8-9,12,15H,4-7,10-11,13H2,1-3H3,(H,24,27)/t15-/m1/s1. The average molecular weight is 446 g/mol. The number of ether oxygens (including phenoxy) is 1. The van der Waals surface area contributed by atoms with Gasteiger partial charge < -0.3 is 15.0 Å². The number of benzene rings is 1. The van der Waals surface area contributed by atoms with Crippen LogP contribution in [0.25, 0.3) is 10.9 Å². The molecule has 0 saturated carbocycles. The van der Waals surface area contributed by atoms with Crippen molar-refractivity contribution >= 4 is 38.6 Å². The first-order chi connectivity index (χ1) is 13.3. The van der Waals surface area contributed by atoms with Crippen molar-refractivity contribution < 1.29 is 9.53 Å². The SMILES string of the molecule is CC(C)(C)OC(=O)N[C@@H]1CCN(c2c3c(nc4ccc(Br)cc24)CCCC3)C1. The van der Waals surface area contributed by atoms with Crippen molar-refractivity contribution in [3.63, 3.8) is 0 Å². The summed E-state index contributed by atoms with van der Waals surface area (Å²) in [4.78, 5) is 19.6. The minimum absolute atomic E-state index is 0.101. The van der Waals surface area contributed by atoms with E-state index in [1.165, 1.54) is 35.2 Å². The van der Waals surface area contributed by atoms with E-state index in [0.717, 1.165) is 42.3 Å². The summed E-state index contributed by atoms with van der Waals surface area (Å²) in [6, 6.07) is 6.45. The molecular weight excluding hydrogens is 418 g/mol. The highest BCUT2D eigenvalue weighted by atomic mass is 79.9. The predicted octanol–water partition coefficient (Wildman–Crippen LogP) is 4.98. The van der Waals surface area contributed by atoms with E-state index in [1.54, 1.807) is 0 Å². The largest absolute Gasteiger partial charge is 0.444 e. The molecule has 150 valence electrons. The molecule has 2 aromatic rings. The van der Waals surface area contributed by atoms with Crippen molar-refractivity contribution in [1.82, 2.24) is 10.3 Å². The normalized spacial score (nSPS) is 19.6. The molecule has 0 unspecified atom stereocenters. The summed E-state index contributed by atoms with van der Waals surface area (Å²) in [7, 11) is 0. The van der Waals surface area contributed by atoms with Crippen LogP contribution in [0, 0.1) is 0 Å². The number of fused-ring (bicyclic) bond motifs is 2. The van der Waals surface area contributed by atoms with E-state index in [4.69, 9.17) is 9.72 Å². The van der Waals surface area contributed by atoms with Gasteiger partial charge in [0.1, 0.15) is 5.60 Å². The number of carbonyl (C=O) groups excluding carboxylic acids is 1. The number of alkyl carbamates (subject to hydrolysis) is 1. The Hall–Kier alpha value is -1.82. The van der Waals surface area contributed by atoms with Crippen LogP contribution >= 0.6 is 15.9 Å². The van der Waals surface area contributed by atoms with E-state index < -0.39 is 5.60 Å². The summed E-state index contributed by atoms with van der Waals surface area (Å²) < 4.78 is 6.50. The lowest BCUT2D eigenvalue weighted by Gasteiger charge is -2.28. The molecule has 5 nitrogen and oxygen atoms in total. The summed E-state index contributed by atoms with van der Waals surface area (Å²) in [6.45, 7) is 7.40. The summed E-state index contributed by atoms with van der Waals surface area (Å²) in [5, 5.41) is 4.25. The lowest BCUT2D eigenvalue weighted by atomic mass is 9.92. The van der Waals surface area contributed by atoms with Gasteiger partial charge in [0.15, 0.2) is 0 Å². The van der Waals surface area contributed by atoms with E-state index in [1.807, 2.05) is 20.8 Å². The fourth-order valence-corrected chi connectivity index (χ4v) is 4.65. The first kappa shape index (κ1) is 19.5. The molecule has 1 aliphatic heterocycles. The number of aryl methyl sites for hydroxylation is 1. The van der Waals surface area contributed by atoms with Crippen molar-refractivity contribution in [2.24, 2.45) is 0 Å². The Morgan fingerprint density at radius 3 is 2.86 bits per heavy atom. The first-order valence-corrected chi connectivity index (χ1v) is 10.9. The number of aromatic nitrogens is 1. The van der Waals surface area contributed by atoms with Gasteiger partial charge in [0.05, 0.1) is 17.2 Å². The highest BCUT2D eigenvalue weighted by Gasteiger charge is 2.30. The molecule has 1 N–H and O–H groups in total. The highest BCUT2D eigenvalue weighted by Crippen LogP contribution is 2.38. The summed E-state index contributed by atoms with van der Waals surface area (Å²) in [6.07, 6.45) is 5.16. The van der Waals surface area contributed by atoms with E-state index in [-0.39, 0.29) is 12.1 Å². The van der Waals surface area contributed by atoms with Crippen LogP contribution in [0.3, 0.4) is 0 Å². The van der Waals surface area contributed by atoms with Gasteiger partial charge in [-0.1, -0.05) is 15.9 Å². The molecule has 1 saturated heterocycles. The maximum atomic E-state index is 12.2. The van der Waals surface area contributed by atoms with Gasteiger partial charge in [-0.25, -0.2) is 4.79 Å². The minimum Gasteiger partial charge on any atom is -0.444 e. The summed E-state index contributed by atoms with van der Waals surface area (Å²) in [5.74, 6) is 0. The van der Waals surface area contributed by atoms with Crippen LogP contribution in [0.15, 0.2) is 22.7 Å². The fourth-order valence-electron chi connectivity index (χ4n) is 4.29. The molecule has 1 aromatic heterocycles. The van der Waals surface area contributed by atoms with Gasteiger partial charge in [0.2, 0.25) is 0 Å². The zero-order valence-electron chi connectivity index (χ0n) is 16.8. The Kier molecular flexibility index (Phi) is 5.25. The topological polar surface area (TPSA) is 54.5 Å². The Labute approximate surface area is 175 Å². The number of carbonyl (C=O) groups is 1. The fraction of sp³-hybridized carbons (Fsp3) is 0.545. The molecule has 2 heterocycles. The van der Waals surface area contributed by atoms with Gasteiger partial charge in [-0.05, 0) is 76.6 Å². The molecule has 1 fully saturated rings.